The van der Waals surface area contributed by atoms with E-state index in [0.717, 1.165) is 64.1 Å². The van der Waals surface area contributed by atoms with E-state index in [9.17, 15) is 9.90 Å². The molecule has 2 fully saturated rings. The van der Waals surface area contributed by atoms with Crippen molar-refractivity contribution in [1.29, 1.82) is 0 Å². The number of nitrogens with zero attached hydrogens (tertiary/aromatic N) is 6. The van der Waals surface area contributed by atoms with Crippen molar-refractivity contribution in [3.05, 3.63) is 29.7 Å². The van der Waals surface area contributed by atoms with E-state index in [0.29, 0.717) is 47.5 Å². The zero-order valence-electron chi connectivity index (χ0n) is 24.7. The summed E-state index contributed by atoms with van der Waals surface area (Å²) in [6.45, 7) is 6.33. The molecule has 228 valence electrons. The first-order valence-electron chi connectivity index (χ1n) is 14.8. The molecule has 13 nitrogen and oxygen atoms in total. The number of piperidine rings is 1. The predicted octanol–water partition coefficient (Wildman–Crippen LogP) is 3.39. The van der Waals surface area contributed by atoms with Crippen LogP contribution in [0.15, 0.2) is 18.5 Å². The van der Waals surface area contributed by atoms with Gasteiger partial charge >= 0.3 is 6.09 Å². The first kappa shape index (κ1) is 29.9. The summed E-state index contributed by atoms with van der Waals surface area (Å²) >= 11 is 0. The first-order valence-corrected chi connectivity index (χ1v) is 14.8. The number of fused-ring (bicyclic) bond motifs is 1. The number of likely N-dealkylation sites (tertiary alicyclic amines) is 1. The third-order valence-corrected chi connectivity index (χ3v) is 8.24. The van der Waals surface area contributed by atoms with Gasteiger partial charge in [0.1, 0.15) is 22.5 Å². The van der Waals surface area contributed by atoms with E-state index in [-0.39, 0.29) is 18.6 Å². The molecule has 3 aromatic heterocycles. The van der Waals surface area contributed by atoms with Crippen molar-refractivity contribution in [1.82, 2.24) is 29.6 Å². The third-order valence-electron chi connectivity index (χ3n) is 8.24. The van der Waals surface area contributed by atoms with Crippen molar-refractivity contribution in [3.63, 3.8) is 0 Å². The van der Waals surface area contributed by atoms with E-state index in [4.69, 9.17) is 19.2 Å². The molecule has 5 heterocycles. The Labute approximate surface area is 246 Å². The lowest BCUT2D eigenvalue weighted by molar-refractivity contribution is 0.122. The van der Waals surface area contributed by atoms with Crippen LogP contribution in [0.1, 0.15) is 62.6 Å². The van der Waals surface area contributed by atoms with Gasteiger partial charge in [-0.15, -0.1) is 0 Å². The van der Waals surface area contributed by atoms with Gasteiger partial charge in [0.25, 0.3) is 0 Å². The maximum Gasteiger partial charge on any atom is 0.413 e. The van der Waals surface area contributed by atoms with Gasteiger partial charge in [-0.3, -0.25) is 19.9 Å². The van der Waals surface area contributed by atoms with Crippen LogP contribution in [-0.2, 0) is 16.0 Å². The molecule has 13 heteroatoms. The van der Waals surface area contributed by atoms with Crippen LogP contribution in [0.25, 0.3) is 11.0 Å². The van der Waals surface area contributed by atoms with E-state index in [1.54, 1.807) is 18.0 Å². The first-order chi connectivity index (χ1) is 20.5. The maximum absolute atomic E-state index is 11.9. The summed E-state index contributed by atoms with van der Waals surface area (Å²) in [6, 6.07) is 2.65. The molecule has 42 heavy (non-hydrogen) atoms. The number of nitrogens with one attached hydrogen (secondary N) is 2. The fraction of sp³-hybridized carbons (Fsp3) is 0.621. The Bertz CT molecular complexity index is 1330. The molecule has 0 aliphatic carbocycles. The lowest BCUT2D eigenvalue weighted by Crippen LogP contribution is -2.41. The number of aliphatic hydroxyl groups is 1. The Kier molecular flexibility index (Phi) is 10.0. The molecule has 0 bridgehead atoms. The molecule has 0 aromatic carbocycles. The SMILES string of the molecule is CCCC(CCO)Nc1nc(NC(=O)OC)nc2cnn(Cc3ncc(C4CCN(C5CCOC5)CC4)cc3OC)c12. The summed E-state index contributed by atoms with van der Waals surface area (Å²) < 4.78 is 17.9. The normalized spacial score (nSPS) is 18.7. The number of aromatic nitrogens is 5. The fourth-order valence-corrected chi connectivity index (χ4v) is 5.96. The van der Waals surface area contributed by atoms with Gasteiger partial charge in [-0.25, -0.2) is 9.78 Å². The van der Waals surface area contributed by atoms with E-state index in [1.807, 2.05) is 6.20 Å². The minimum atomic E-state index is -0.666. The second-order valence-corrected chi connectivity index (χ2v) is 10.9. The standard InChI is InChI=1S/C29H42N8O5/c1-4-5-21(8-12-38)32-27-26-23(33-28(34-27)35-29(39)41-3)16-31-37(26)17-24-25(40-2)14-20(15-30-24)19-6-10-36(11-7-19)22-9-13-42-18-22/h14-16,19,21-22,38H,4-13,17-18H2,1-3H3,(H2,32,33,34,35,39). The number of amides is 1. The number of ether oxygens (including phenoxy) is 3. The molecule has 0 radical (unpaired) electrons. The molecule has 5 rings (SSSR count). The zero-order valence-corrected chi connectivity index (χ0v) is 24.7. The van der Waals surface area contributed by atoms with E-state index in [2.05, 4.69) is 43.6 Å². The molecule has 2 aliphatic rings. The smallest absolute Gasteiger partial charge is 0.413 e. The Balaban J connectivity index is 1.38. The second-order valence-electron chi connectivity index (χ2n) is 10.9. The van der Waals surface area contributed by atoms with Crippen LogP contribution in [0.4, 0.5) is 16.6 Å². The molecular formula is C29H42N8O5. The molecule has 3 N–H and O–H groups in total. The van der Waals surface area contributed by atoms with Crippen LogP contribution < -0.4 is 15.4 Å². The summed E-state index contributed by atoms with van der Waals surface area (Å²) in [7, 11) is 2.95. The minimum absolute atomic E-state index is 0.0213. The third kappa shape index (κ3) is 6.90. The summed E-state index contributed by atoms with van der Waals surface area (Å²) in [5.41, 5.74) is 3.16. The average molecular weight is 583 g/mol. The lowest BCUT2D eigenvalue weighted by Gasteiger charge is -2.35. The zero-order chi connectivity index (χ0) is 29.5. The maximum atomic E-state index is 11.9. The topological polar surface area (TPSA) is 149 Å². The average Bonchev–Trinajstić information content (AvgIpc) is 3.69. The molecule has 2 saturated heterocycles. The van der Waals surface area contributed by atoms with Gasteiger partial charge in [0.05, 0.1) is 33.6 Å². The van der Waals surface area contributed by atoms with Crippen LogP contribution >= 0.6 is 0 Å². The lowest BCUT2D eigenvalue weighted by atomic mass is 9.89. The number of carbonyl (C=O) groups excluding carboxylic acids is 1. The van der Waals surface area contributed by atoms with Crippen LogP contribution in [0, 0.1) is 0 Å². The number of aliphatic hydroxyl groups excluding tert-OH is 1. The quantitative estimate of drug-likeness (QED) is 0.288. The Hall–Kier alpha value is -3.55. The van der Waals surface area contributed by atoms with Gasteiger partial charge in [0.2, 0.25) is 5.95 Å². The van der Waals surface area contributed by atoms with Gasteiger partial charge in [0.15, 0.2) is 5.82 Å². The van der Waals surface area contributed by atoms with Gasteiger partial charge in [-0.1, -0.05) is 13.3 Å². The summed E-state index contributed by atoms with van der Waals surface area (Å²) in [5.74, 6) is 1.76. The molecule has 3 aromatic rings. The highest BCUT2D eigenvalue weighted by Crippen LogP contribution is 2.33. The highest BCUT2D eigenvalue weighted by atomic mass is 16.5. The van der Waals surface area contributed by atoms with Crippen molar-refractivity contribution in [2.24, 2.45) is 0 Å². The van der Waals surface area contributed by atoms with E-state index < -0.39 is 6.09 Å². The fourth-order valence-electron chi connectivity index (χ4n) is 5.96. The number of hydrogen-bond donors (Lipinski definition) is 3. The minimum Gasteiger partial charge on any atom is -0.495 e. The van der Waals surface area contributed by atoms with Crippen molar-refractivity contribution in [3.8, 4) is 5.75 Å². The van der Waals surface area contributed by atoms with Gasteiger partial charge < -0.3 is 24.6 Å². The predicted molar refractivity (Wildman–Crippen MR) is 158 cm³/mol. The molecule has 0 spiro atoms. The number of carbonyl (C=O) groups is 1. The number of pyridine rings is 1. The van der Waals surface area contributed by atoms with Crippen LogP contribution in [0.3, 0.4) is 0 Å². The molecular weight excluding hydrogens is 540 g/mol. The van der Waals surface area contributed by atoms with Crippen LogP contribution in [0.2, 0.25) is 0 Å². The van der Waals surface area contributed by atoms with E-state index >= 15 is 0 Å². The van der Waals surface area contributed by atoms with Gasteiger partial charge in [-0.2, -0.15) is 10.1 Å². The van der Waals surface area contributed by atoms with E-state index in [1.165, 1.54) is 12.7 Å². The molecule has 2 unspecified atom stereocenters. The summed E-state index contributed by atoms with van der Waals surface area (Å²) in [5, 5.41) is 20.2. The molecule has 0 saturated carbocycles. The summed E-state index contributed by atoms with van der Waals surface area (Å²) in [4.78, 5) is 28.3. The molecule has 2 aliphatic heterocycles. The van der Waals surface area contributed by atoms with Crippen molar-refractivity contribution < 1.29 is 24.1 Å². The summed E-state index contributed by atoms with van der Waals surface area (Å²) in [6.07, 6.45) is 8.56. The Morgan fingerprint density at radius 1 is 1.19 bits per heavy atom. The van der Waals surface area contributed by atoms with Crippen LogP contribution in [0.5, 0.6) is 5.75 Å². The Morgan fingerprint density at radius 3 is 2.71 bits per heavy atom. The number of hydrogen-bond acceptors (Lipinski definition) is 11. The highest BCUT2D eigenvalue weighted by molar-refractivity contribution is 5.89. The van der Waals surface area contributed by atoms with Crippen molar-refractivity contribution in [2.45, 2.75) is 70.0 Å². The van der Waals surface area contributed by atoms with Crippen molar-refractivity contribution >= 4 is 28.9 Å². The van der Waals surface area contributed by atoms with Crippen molar-refractivity contribution in [2.75, 3.05) is 57.8 Å². The number of anilines is 2. The number of rotatable bonds is 12. The molecule has 1 amide bonds. The Morgan fingerprint density at radius 2 is 2.02 bits per heavy atom. The highest BCUT2D eigenvalue weighted by Gasteiger charge is 2.29. The number of methoxy groups -OCH3 is 2. The molecule has 2 atom stereocenters. The van der Waals surface area contributed by atoms with Gasteiger partial charge in [-0.05, 0) is 62.7 Å². The monoisotopic (exact) mass is 582 g/mol. The largest absolute Gasteiger partial charge is 0.495 e. The second kappa shape index (κ2) is 14.1. The van der Waals surface area contributed by atoms with Gasteiger partial charge in [0, 0.05) is 31.5 Å². The van der Waals surface area contributed by atoms with Crippen LogP contribution in [-0.4, -0.2) is 100 Å².